The van der Waals surface area contributed by atoms with E-state index in [-0.39, 0.29) is 5.91 Å². The van der Waals surface area contributed by atoms with Crippen LogP contribution in [0.5, 0.6) is 0 Å². The summed E-state index contributed by atoms with van der Waals surface area (Å²) in [6.07, 6.45) is 2.88. The van der Waals surface area contributed by atoms with Crippen LogP contribution >= 0.6 is 11.6 Å². The topological polar surface area (TPSA) is 41.1 Å². The van der Waals surface area contributed by atoms with Gasteiger partial charge in [0.25, 0.3) is 0 Å². The van der Waals surface area contributed by atoms with Crippen molar-refractivity contribution < 1.29 is 4.79 Å². The van der Waals surface area contributed by atoms with E-state index in [0.29, 0.717) is 17.4 Å². The summed E-state index contributed by atoms with van der Waals surface area (Å²) in [5, 5.41) is 6.83. The van der Waals surface area contributed by atoms with Crippen LogP contribution in [0.25, 0.3) is 0 Å². The number of rotatable bonds is 3. The Kier molecular flexibility index (Phi) is 4.40. The van der Waals surface area contributed by atoms with Crippen molar-refractivity contribution >= 4 is 23.2 Å². The Labute approximate surface area is 107 Å². The Balaban J connectivity index is 1.84. The van der Waals surface area contributed by atoms with Crippen LogP contribution in [0.15, 0.2) is 24.3 Å². The highest BCUT2D eigenvalue weighted by molar-refractivity contribution is 6.30. The Morgan fingerprint density at radius 1 is 1.53 bits per heavy atom. The van der Waals surface area contributed by atoms with E-state index >= 15 is 0 Å². The van der Waals surface area contributed by atoms with Crippen LogP contribution in [0.2, 0.25) is 5.02 Å². The second kappa shape index (κ2) is 6.03. The number of halogens is 1. The zero-order chi connectivity index (χ0) is 12.1. The normalized spacial score (nSPS) is 19.9. The molecule has 0 saturated carbocycles. The molecule has 17 heavy (non-hydrogen) atoms. The maximum atomic E-state index is 11.8. The molecule has 1 atom stereocenters. The van der Waals surface area contributed by atoms with Crippen LogP contribution < -0.4 is 10.6 Å². The number of benzene rings is 1. The Hall–Kier alpha value is -1.06. The molecule has 3 nitrogen and oxygen atoms in total. The average Bonchev–Trinajstić information content (AvgIpc) is 2.30. The van der Waals surface area contributed by atoms with Crippen molar-refractivity contribution in [1.29, 1.82) is 0 Å². The molecule has 2 rings (SSSR count). The maximum Gasteiger partial charge on any atom is 0.224 e. The molecule has 1 saturated heterocycles. The summed E-state index contributed by atoms with van der Waals surface area (Å²) in [5.41, 5.74) is 0.770. The third-order valence-corrected chi connectivity index (χ3v) is 3.22. The molecule has 92 valence electrons. The molecule has 0 radical (unpaired) electrons. The van der Waals surface area contributed by atoms with Crippen LogP contribution in [0.1, 0.15) is 19.3 Å². The monoisotopic (exact) mass is 252 g/mol. The van der Waals surface area contributed by atoms with Gasteiger partial charge in [0.2, 0.25) is 5.91 Å². The first-order valence-electron chi connectivity index (χ1n) is 6.00. The molecule has 0 bridgehead atoms. The summed E-state index contributed by atoms with van der Waals surface area (Å²) in [6, 6.07) is 7.24. The van der Waals surface area contributed by atoms with Crippen molar-refractivity contribution in [2.24, 2.45) is 5.92 Å². The van der Waals surface area contributed by atoms with Gasteiger partial charge in [-0.2, -0.15) is 0 Å². The van der Waals surface area contributed by atoms with Gasteiger partial charge in [0.05, 0.1) is 0 Å². The lowest BCUT2D eigenvalue weighted by Gasteiger charge is -2.22. The number of nitrogens with one attached hydrogen (secondary N) is 2. The highest BCUT2D eigenvalue weighted by Crippen LogP contribution is 2.17. The van der Waals surface area contributed by atoms with Crippen molar-refractivity contribution in [3.8, 4) is 0 Å². The van der Waals surface area contributed by atoms with E-state index in [1.807, 2.05) is 12.1 Å². The summed E-state index contributed by atoms with van der Waals surface area (Å²) in [6.45, 7) is 2.02. The van der Waals surface area contributed by atoms with Crippen molar-refractivity contribution in [2.45, 2.75) is 19.3 Å². The van der Waals surface area contributed by atoms with Gasteiger partial charge < -0.3 is 10.6 Å². The fourth-order valence-corrected chi connectivity index (χ4v) is 2.33. The highest BCUT2D eigenvalue weighted by Gasteiger charge is 2.16. The summed E-state index contributed by atoms with van der Waals surface area (Å²) in [7, 11) is 0. The van der Waals surface area contributed by atoms with Crippen molar-refractivity contribution in [1.82, 2.24) is 5.32 Å². The van der Waals surface area contributed by atoms with Crippen LogP contribution in [0.4, 0.5) is 5.69 Å². The van der Waals surface area contributed by atoms with Crippen LogP contribution in [0.3, 0.4) is 0 Å². The van der Waals surface area contributed by atoms with Crippen molar-refractivity contribution in [3.63, 3.8) is 0 Å². The van der Waals surface area contributed by atoms with Crippen LogP contribution in [-0.2, 0) is 4.79 Å². The van der Waals surface area contributed by atoms with Crippen LogP contribution in [-0.4, -0.2) is 19.0 Å². The first-order valence-corrected chi connectivity index (χ1v) is 6.38. The number of piperidine rings is 1. The predicted molar refractivity (Wildman–Crippen MR) is 70.3 cm³/mol. The Morgan fingerprint density at radius 3 is 3.12 bits per heavy atom. The van der Waals surface area contributed by atoms with Crippen molar-refractivity contribution in [2.75, 3.05) is 18.4 Å². The number of anilines is 1. The molecule has 1 heterocycles. The number of carbonyl (C=O) groups is 1. The fraction of sp³-hybridized carbons (Fsp3) is 0.462. The van der Waals surface area contributed by atoms with E-state index < -0.39 is 0 Å². The number of amides is 1. The maximum absolute atomic E-state index is 11.8. The lowest BCUT2D eigenvalue weighted by molar-refractivity contribution is -0.117. The van der Waals surface area contributed by atoms with Gasteiger partial charge in [0, 0.05) is 17.1 Å². The largest absolute Gasteiger partial charge is 0.326 e. The smallest absolute Gasteiger partial charge is 0.224 e. The Bertz CT molecular complexity index is 389. The second-order valence-electron chi connectivity index (χ2n) is 4.48. The molecule has 4 heteroatoms. The first-order chi connectivity index (χ1) is 8.24. The molecular weight excluding hydrogens is 236 g/mol. The molecule has 0 spiro atoms. The van der Waals surface area contributed by atoms with Gasteiger partial charge in [-0.05, 0) is 50.0 Å². The third-order valence-electron chi connectivity index (χ3n) is 2.98. The van der Waals surface area contributed by atoms with E-state index in [4.69, 9.17) is 11.6 Å². The summed E-state index contributed by atoms with van der Waals surface area (Å²) in [5.74, 6) is 0.531. The molecular formula is C13H17ClN2O. The van der Waals surface area contributed by atoms with E-state index in [2.05, 4.69) is 10.6 Å². The molecule has 1 fully saturated rings. The van der Waals surface area contributed by atoms with Crippen molar-refractivity contribution in [3.05, 3.63) is 29.3 Å². The lowest BCUT2D eigenvalue weighted by Crippen LogP contribution is -2.32. The second-order valence-corrected chi connectivity index (χ2v) is 4.91. The minimum absolute atomic E-state index is 0.0703. The van der Waals surface area contributed by atoms with Gasteiger partial charge in [-0.25, -0.2) is 0 Å². The molecule has 0 aromatic heterocycles. The van der Waals surface area contributed by atoms with E-state index in [1.165, 1.54) is 0 Å². The molecule has 0 aliphatic carbocycles. The summed E-state index contributed by atoms with van der Waals surface area (Å²) >= 11 is 5.86. The van der Waals surface area contributed by atoms with Gasteiger partial charge in [0.1, 0.15) is 0 Å². The minimum Gasteiger partial charge on any atom is -0.326 e. The molecule has 2 N–H and O–H groups in total. The predicted octanol–water partition coefficient (Wildman–Crippen LogP) is 2.67. The van der Waals surface area contributed by atoms with Gasteiger partial charge in [0.15, 0.2) is 0 Å². The van der Waals surface area contributed by atoms with Gasteiger partial charge in [-0.15, -0.1) is 0 Å². The fourth-order valence-electron chi connectivity index (χ4n) is 2.14. The zero-order valence-electron chi connectivity index (χ0n) is 9.71. The highest BCUT2D eigenvalue weighted by atomic mass is 35.5. The van der Waals surface area contributed by atoms with Gasteiger partial charge in [-0.3, -0.25) is 4.79 Å². The minimum atomic E-state index is 0.0703. The first kappa shape index (κ1) is 12.4. The van der Waals surface area contributed by atoms with E-state index in [0.717, 1.165) is 31.6 Å². The van der Waals surface area contributed by atoms with E-state index in [1.54, 1.807) is 12.1 Å². The molecule has 1 unspecified atom stereocenters. The standard InChI is InChI=1S/C13H17ClN2O/c14-11-4-1-5-12(8-11)16-13(17)7-10-3-2-6-15-9-10/h1,4-5,8,10,15H,2-3,6-7,9H2,(H,16,17). The molecule has 1 amide bonds. The van der Waals surface area contributed by atoms with E-state index in [9.17, 15) is 4.79 Å². The van der Waals surface area contributed by atoms with Crippen LogP contribution in [0, 0.1) is 5.92 Å². The molecule has 1 aromatic carbocycles. The van der Waals surface area contributed by atoms with Gasteiger partial charge >= 0.3 is 0 Å². The summed E-state index contributed by atoms with van der Waals surface area (Å²) < 4.78 is 0. The molecule has 1 aromatic rings. The third kappa shape index (κ3) is 4.02. The average molecular weight is 253 g/mol. The molecule has 1 aliphatic rings. The summed E-state index contributed by atoms with van der Waals surface area (Å²) in [4.78, 5) is 11.8. The SMILES string of the molecule is O=C(CC1CCCNC1)Nc1cccc(Cl)c1. The molecule has 1 aliphatic heterocycles. The Morgan fingerprint density at radius 2 is 2.41 bits per heavy atom. The number of hydrogen-bond donors (Lipinski definition) is 2. The number of hydrogen-bond acceptors (Lipinski definition) is 2. The lowest BCUT2D eigenvalue weighted by atomic mass is 9.96. The number of carbonyl (C=O) groups excluding carboxylic acids is 1. The quantitative estimate of drug-likeness (QED) is 0.869. The zero-order valence-corrected chi connectivity index (χ0v) is 10.5. The van der Waals surface area contributed by atoms with Gasteiger partial charge in [-0.1, -0.05) is 17.7 Å².